The van der Waals surface area contributed by atoms with Gasteiger partial charge in [-0.25, -0.2) is 0 Å². The van der Waals surface area contributed by atoms with Crippen molar-refractivity contribution in [1.29, 1.82) is 5.26 Å². The molecule has 1 amide bonds. The van der Waals surface area contributed by atoms with E-state index in [-0.39, 0.29) is 5.91 Å². The van der Waals surface area contributed by atoms with Crippen LogP contribution in [0.4, 0.5) is 0 Å². The van der Waals surface area contributed by atoms with Crippen LogP contribution in [-0.4, -0.2) is 16.1 Å². The number of hydrogen-bond donors (Lipinski definition) is 2. The first kappa shape index (κ1) is 14.5. The molecule has 0 aliphatic carbocycles. The first-order chi connectivity index (χ1) is 11.3. The number of hydrogen-bond acceptors (Lipinski definition) is 3. The first-order valence-corrected chi connectivity index (χ1v) is 7.14. The van der Waals surface area contributed by atoms with E-state index < -0.39 is 0 Å². The van der Waals surface area contributed by atoms with E-state index in [0.717, 1.165) is 16.8 Å². The lowest BCUT2D eigenvalue weighted by Crippen LogP contribution is -2.23. The van der Waals surface area contributed by atoms with Gasteiger partial charge in [0.25, 0.3) is 5.91 Å². The average Bonchev–Trinajstić information content (AvgIpc) is 3.11. The van der Waals surface area contributed by atoms with E-state index in [4.69, 9.17) is 5.26 Å². The molecule has 5 nitrogen and oxygen atoms in total. The molecule has 112 valence electrons. The van der Waals surface area contributed by atoms with Crippen LogP contribution in [-0.2, 0) is 6.54 Å². The highest BCUT2D eigenvalue weighted by Crippen LogP contribution is 2.16. The quantitative estimate of drug-likeness (QED) is 0.777. The summed E-state index contributed by atoms with van der Waals surface area (Å²) in [6, 6.07) is 20.6. The molecule has 0 spiro atoms. The highest BCUT2D eigenvalue weighted by molar-refractivity contribution is 5.93. The zero-order valence-electron chi connectivity index (χ0n) is 12.3. The van der Waals surface area contributed by atoms with Crippen LogP contribution in [0.15, 0.2) is 60.7 Å². The Labute approximate surface area is 133 Å². The fourth-order valence-electron chi connectivity index (χ4n) is 2.17. The van der Waals surface area contributed by atoms with E-state index in [1.807, 2.05) is 42.5 Å². The van der Waals surface area contributed by atoms with Gasteiger partial charge in [0.2, 0.25) is 0 Å². The maximum absolute atomic E-state index is 12.1. The highest BCUT2D eigenvalue weighted by atomic mass is 16.1. The van der Waals surface area contributed by atoms with Crippen molar-refractivity contribution >= 4 is 5.91 Å². The number of amides is 1. The van der Waals surface area contributed by atoms with Gasteiger partial charge in [0.15, 0.2) is 5.69 Å². The van der Waals surface area contributed by atoms with Crippen molar-refractivity contribution in [3.05, 3.63) is 77.5 Å². The molecule has 0 saturated heterocycles. The van der Waals surface area contributed by atoms with E-state index in [0.29, 0.717) is 17.8 Å². The van der Waals surface area contributed by atoms with E-state index in [1.165, 1.54) is 0 Å². The molecule has 0 atom stereocenters. The number of aromatic amines is 1. The van der Waals surface area contributed by atoms with Gasteiger partial charge < -0.3 is 5.32 Å². The maximum atomic E-state index is 12.1. The Kier molecular flexibility index (Phi) is 4.16. The summed E-state index contributed by atoms with van der Waals surface area (Å²) in [6.45, 7) is 0.387. The van der Waals surface area contributed by atoms with Crippen LogP contribution < -0.4 is 5.32 Å². The second-order valence-electron chi connectivity index (χ2n) is 5.02. The van der Waals surface area contributed by atoms with Crippen LogP contribution >= 0.6 is 0 Å². The number of benzene rings is 2. The van der Waals surface area contributed by atoms with E-state index in [2.05, 4.69) is 21.6 Å². The van der Waals surface area contributed by atoms with Gasteiger partial charge in [-0.3, -0.25) is 9.89 Å². The van der Waals surface area contributed by atoms with Crippen molar-refractivity contribution in [3.63, 3.8) is 0 Å². The zero-order valence-corrected chi connectivity index (χ0v) is 12.3. The van der Waals surface area contributed by atoms with Gasteiger partial charge in [-0.15, -0.1) is 0 Å². The van der Waals surface area contributed by atoms with Crippen molar-refractivity contribution in [2.45, 2.75) is 6.54 Å². The third kappa shape index (κ3) is 3.44. The van der Waals surface area contributed by atoms with E-state index in [9.17, 15) is 4.79 Å². The normalized spacial score (nSPS) is 10.0. The second-order valence-corrected chi connectivity index (χ2v) is 5.02. The Morgan fingerprint density at radius 2 is 1.87 bits per heavy atom. The largest absolute Gasteiger partial charge is 0.347 e. The molecular formula is C18H14N4O. The molecule has 0 fully saturated rings. The van der Waals surface area contributed by atoms with Crippen molar-refractivity contribution < 1.29 is 4.79 Å². The monoisotopic (exact) mass is 302 g/mol. The molecule has 2 aromatic carbocycles. The Morgan fingerprint density at radius 1 is 1.13 bits per heavy atom. The topological polar surface area (TPSA) is 81.6 Å². The third-order valence-corrected chi connectivity index (χ3v) is 3.43. The van der Waals surface area contributed by atoms with Crippen LogP contribution in [0.5, 0.6) is 0 Å². The molecule has 0 saturated carbocycles. The lowest BCUT2D eigenvalue weighted by Gasteiger charge is -2.03. The predicted octanol–water partition coefficient (Wildman–Crippen LogP) is 2.88. The average molecular weight is 302 g/mol. The minimum absolute atomic E-state index is 0.243. The zero-order chi connectivity index (χ0) is 16.1. The number of nitrogens with zero attached hydrogens (tertiary/aromatic N) is 2. The summed E-state index contributed by atoms with van der Waals surface area (Å²) in [4.78, 5) is 12.1. The minimum atomic E-state index is -0.243. The lowest BCUT2D eigenvalue weighted by atomic mass is 10.1. The molecule has 0 radical (unpaired) electrons. The Morgan fingerprint density at radius 3 is 2.57 bits per heavy atom. The fourth-order valence-corrected chi connectivity index (χ4v) is 2.17. The summed E-state index contributed by atoms with van der Waals surface area (Å²) >= 11 is 0. The Hall–Kier alpha value is -3.39. The standard InChI is InChI=1S/C18H14N4O/c19-11-13-6-8-14(9-7-13)12-20-18(23)17-10-16(21-22-17)15-4-2-1-3-5-15/h1-10H,12H2,(H,20,23)(H,21,22). The number of H-pyrrole nitrogens is 1. The Balaban J connectivity index is 1.64. The predicted molar refractivity (Wildman–Crippen MR) is 86.4 cm³/mol. The van der Waals surface area contributed by atoms with Crippen molar-refractivity contribution in [3.8, 4) is 17.3 Å². The summed E-state index contributed by atoms with van der Waals surface area (Å²) in [5.41, 5.74) is 3.65. The van der Waals surface area contributed by atoms with Gasteiger partial charge in [0.1, 0.15) is 0 Å². The highest BCUT2D eigenvalue weighted by Gasteiger charge is 2.11. The number of carbonyl (C=O) groups is 1. The third-order valence-electron chi connectivity index (χ3n) is 3.43. The maximum Gasteiger partial charge on any atom is 0.272 e. The molecule has 0 bridgehead atoms. The fraction of sp³-hybridized carbons (Fsp3) is 0.0556. The molecule has 0 unspecified atom stereocenters. The molecule has 23 heavy (non-hydrogen) atoms. The molecule has 1 aromatic heterocycles. The van der Waals surface area contributed by atoms with Crippen molar-refractivity contribution in [1.82, 2.24) is 15.5 Å². The number of nitriles is 1. The van der Waals surface area contributed by atoms with Gasteiger partial charge in [-0.1, -0.05) is 42.5 Å². The Bertz CT molecular complexity index is 845. The molecule has 0 aliphatic heterocycles. The minimum Gasteiger partial charge on any atom is -0.347 e. The molecule has 3 rings (SSSR count). The summed E-state index contributed by atoms with van der Waals surface area (Å²) in [7, 11) is 0. The SMILES string of the molecule is N#Cc1ccc(CNC(=O)c2cc(-c3ccccc3)[nH]n2)cc1. The number of rotatable bonds is 4. The molecule has 5 heteroatoms. The van der Waals surface area contributed by atoms with E-state index in [1.54, 1.807) is 18.2 Å². The number of carbonyl (C=O) groups excluding carboxylic acids is 1. The van der Waals surface area contributed by atoms with E-state index >= 15 is 0 Å². The van der Waals surface area contributed by atoms with Crippen molar-refractivity contribution in [2.24, 2.45) is 0 Å². The summed E-state index contributed by atoms with van der Waals surface area (Å²) in [5, 5.41) is 18.5. The summed E-state index contributed by atoms with van der Waals surface area (Å²) < 4.78 is 0. The van der Waals surface area contributed by atoms with Crippen LogP contribution in [0.3, 0.4) is 0 Å². The molecule has 0 aliphatic rings. The lowest BCUT2D eigenvalue weighted by molar-refractivity contribution is 0.0946. The van der Waals surface area contributed by atoms with Crippen LogP contribution in [0.1, 0.15) is 21.6 Å². The number of aromatic nitrogens is 2. The smallest absolute Gasteiger partial charge is 0.272 e. The van der Waals surface area contributed by atoms with Gasteiger partial charge in [-0.05, 0) is 29.3 Å². The molecular weight excluding hydrogens is 288 g/mol. The van der Waals surface area contributed by atoms with Gasteiger partial charge in [0, 0.05) is 6.54 Å². The second kappa shape index (κ2) is 6.58. The van der Waals surface area contributed by atoms with Gasteiger partial charge in [0.05, 0.1) is 17.3 Å². The van der Waals surface area contributed by atoms with Crippen LogP contribution in [0.2, 0.25) is 0 Å². The summed E-state index contributed by atoms with van der Waals surface area (Å²) in [5.74, 6) is -0.243. The molecule has 3 aromatic rings. The van der Waals surface area contributed by atoms with Crippen LogP contribution in [0, 0.1) is 11.3 Å². The van der Waals surface area contributed by atoms with Gasteiger partial charge in [-0.2, -0.15) is 10.4 Å². The van der Waals surface area contributed by atoms with Gasteiger partial charge >= 0.3 is 0 Å². The first-order valence-electron chi connectivity index (χ1n) is 7.14. The number of nitrogens with one attached hydrogen (secondary N) is 2. The van der Waals surface area contributed by atoms with Crippen LogP contribution in [0.25, 0.3) is 11.3 Å². The van der Waals surface area contributed by atoms with Crippen molar-refractivity contribution in [2.75, 3.05) is 0 Å². The molecule has 1 heterocycles. The molecule has 2 N–H and O–H groups in total. The summed E-state index contributed by atoms with van der Waals surface area (Å²) in [6.07, 6.45) is 0.